The van der Waals surface area contributed by atoms with E-state index < -0.39 is 24.0 Å². The van der Waals surface area contributed by atoms with Gasteiger partial charge in [0.2, 0.25) is 5.91 Å². The predicted octanol–water partition coefficient (Wildman–Crippen LogP) is -2.38. The molecule has 0 saturated carbocycles. The maximum atomic E-state index is 10.9. The monoisotopic (exact) mass is 218 g/mol. The molecule has 1 aliphatic heterocycles. The molecule has 15 heavy (non-hydrogen) atoms. The van der Waals surface area contributed by atoms with Gasteiger partial charge in [-0.3, -0.25) is 14.5 Å². The Labute approximate surface area is 86.4 Å². The van der Waals surface area contributed by atoms with Crippen molar-refractivity contribution < 1.29 is 24.5 Å². The largest absolute Gasteiger partial charge is 0.480 e. The van der Waals surface area contributed by atoms with Crippen molar-refractivity contribution in [1.29, 1.82) is 0 Å². The molecule has 0 bridgehead atoms. The van der Waals surface area contributed by atoms with Gasteiger partial charge in [0, 0.05) is 13.1 Å². The summed E-state index contributed by atoms with van der Waals surface area (Å²) in [6, 6.07) is -1.29. The Hall–Kier alpha value is -1.18. The Morgan fingerprint density at radius 2 is 1.87 bits per heavy atom. The zero-order valence-corrected chi connectivity index (χ0v) is 8.13. The van der Waals surface area contributed by atoms with Crippen LogP contribution in [0.15, 0.2) is 0 Å². The highest BCUT2D eigenvalue weighted by molar-refractivity contribution is 5.87. The van der Waals surface area contributed by atoms with Gasteiger partial charge in [-0.1, -0.05) is 0 Å². The van der Waals surface area contributed by atoms with Gasteiger partial charge in [-0.2, -0.15) is 0 Å². The molecule has 0 aliphatic carbocycles. The summed E-state index contributed by atoms with van der Waals surface area (Å²) in [5.74, 6) is -2.29. The predicted molar refractivity (Wildman–Crippen MR) is 49.0 cm³/mol. The molecule has 7 nitrogen and oxygen atoms in total. The van der Waals surface area contributed by atoms with Crippen molar-refractivity contribution in [1.82, 2.24) is 4.90 Å². The first-order valence-corrected chi connectivity index (χ1v) is 4.56. The topological polar surface area (TPSA) is 113 Å². The summed E-state index contributed by atoms with van der Waals surface area (Å²) in [5.41, 5.74) is 4.87. The molecule has 0 aromatic heterocycles. The van der Waals surface area contributed by atoms with Gasteiger partial charge in [0.25, 0.3) is 0 Å². The van der Waals surface area contributed by atoms with Crippen LogP contribution >= 0.6 is 0 Å². The van der Waals surface area contributed by atoms with Crippen LogP contribution < -0.4 is 5.73 Å². The average Bonchev–Trinajstić information content (AvgIpc) is 2.18. The molecule has 86 valence electrons. The van der Waals surface area contributed by atoms with Gasteiger partial charge in [-0.15, -0.1) is 0 Å². The van der Waals surface area contributed by atoms with E-state index in [4.69, 9.17) is 15.6 Å². The van der Waals surface area contributed by atoms with E-state index in [-0.39, 0.29) is 0 Å². The van der Waals surface area contributed by atoms with Gasteiger partial charge in [0.05, 0.1) is 13.2 Å². The van der Waals surface area contributed by atoms with Crippen LogP contribution in [0.5, 0.6) is 0 Å². The molecule has 7 heteroatoms. The first kappa shape index (κ1) is 11.9. The van der Waals surface area contributed by atoms with E-state index in [1.54, 1.807) is 0 Å². The molecule has 1 rings (SSSR count). The van der Waals surface area contributed by atoms with Crippen molar-refractivity contribution in [2.24, 2.45) is 5.73 Å². The fraction of sp³-hybridized carbons (Fsp3) is 0.750. The zero-order chi connectivity index (χ0) is 11.4. The van der Waals surface area contributed by atoms with E-state index in [0.29, 0.717) is 26.3 Å². The van der Waals surface area contributed by atoms with E-state index in [1.165, 1.54) is 4.90 Å². The van der Waals surface area contributed by atoms with Crippen molar-refractivity contribution in [3.8, 4) is 0 Å². The zero-order valence-electron chi connectivity index (χ0n) is 8.13. The summed E-state index contributed by atoms with van der Waals surface area (Å²) in [4.78, 5) is 23.1. The number of aliphatic hydroxyl groups is 1. The molecular weight excluding hydrogens is 204 g/mol. The molecule has 2 unspecified atom stereocenters. The van der Waals surface area contributed by atoms with Crippen LogP contribution in [0.2, 0.25) is 0 Å². The van der Waals surface area contributed by atoms with E-state index in [0.717, 1.165) is 0 Å². The summed E-state index contributed by atoms with van der Waals surface area (Å²) in [5, 5.41) is 18.3. The van der Waals surface area contributed by atoms with Crippen LogP contribution in [0.3, 0.4) is 0 Å². The molecule has 0 aromatic rings. The number of rotatable bonds is 4. The molecule has 0 aromatic carbocycles. The summed E-state index contributed by atoms with van der Waals surface area (Å²) < 4.78 is 5.04. The number of nitrogens with zero attached hydrogens (tertiary/aromatic N) is 1. The third-order valence-corrected chi connectivity index (χ3v) is 2.28. The number of nitrogens with two attached hydrogens (primary N) is 1. The van der Waals surface area contributed by atoms with Crippen molar-refractivity contribution in [2.45, 2.75) is 12.1 Å². The van der Waals surface area contributed by atoms with Crippen molar-refractivity contribution >= 4 is 11.9 Å². The number of amides is 1. The van der Waals surface area contributed by atoms with Crippen molar-refractivity contribution in [3.63, 3.8) is 0 Å². The highest BCUT2D eigenvalue weighted by Gasteiger charge is 2.36. The lowest BCUT2D eigenvalue weighted by molar-refractivity contribution is -0.154. The lowest BCUT2D eigenvalue weighted by Gasteiger charge is -2.33. The summed E-state index contributed by atoms with van der Waals surface area (Å²) >= 11 is 0. The van der Waals surface area contributed by atoms with Crippen LogP contribution in [-0.2, 0) is 14.3 Å². The summed E-state index contributed by atoms with van der Waals surface area (Å²) in [7, 11) is 0. The standard InChI is InChI=1S/C8H14N2O5/c9-7(12)6(11)5(8(13)14)10-1-3-15-4-2-10/h5-6,11H,1-4H2,(H2,9,12)(H,13,14). The van der Waals surface area contributed by atoms with Gasteiger partial charge in [0.1, 0.15) is 6.04 Å². The Morgan fingerprint density at radius 3 is 2.27 bits per heavy atom. The number of carbonyl (C=O) groups is 2. The first-order valence-electron chi connectivity index (χ1n) is 4.56. The Balaban J connectivity index is 2.71. The van der Waals surface area contributed by atoms with Gasteiger partial charge >= 0.3 is 5.97 Å². The number of aliphatic carboxylic acids is 1. The number of primary amides is 1. The molecule has 0 spiro atoms. The van der Waals surface area contributed by atoms with Gasteiger partial charge < -0.3 is 20.7 Å². The highest BCUT2D eigenvalue weighted by Crippen LogP contribution is 2.08. The second kappa shape index (κ2) is 5.06. The average molecular weight is 218 g/mol. The quantitative estimate of drug-likeness (QED) is 0.485. The Bertz CT molecular complexity index is 251. The van der Waals surface area contributed by atoms with E-state index >= 15 is 0 Å². The van der Waals surface area contributed by atoms with Crippen LogP contribution in [0.1, 0.15) is 0 Å². The van der Waals surface area contributed by atoms with E-state index in [1.807, 2.05) is 0 Å². The van der Waals surface area contributed by atoms with Crippen molar-refractivity contribution in [3.05, 3.63) is 0 Å². The molecule has 1 saturated heterocycles. The van der Waals surface area contributed by atoms with Gasteiger partial charge in [0.15, 0.2) is 6.10 Å². The molecule has 2 atom stereocenters. The maximum absolute atomic E-state index is 10.9. The van der Waals surface area contributed by atoms with Gasteiger partial charge in [-0.25, -0.2) is 0 Å². The summed E-state index contributed by atoms with van der Waals surface area (Å²) in [6.45, 7) is 1.49. The second-order valence-electron chi connectivity index (χ2n) is 3.28. The first-order chi connectivity index (χ1) is 7.04. The number of hydrogen-bond donors (Lipinski definition) is 3. The second-order valence-corrected chi connectivity index (χ2v) is 3.28. The minimum atomic E-state index is -1.69. The molecule has 1 heterocycles. The molecular formula is C8H14N2O5. The van der Waals surface area contributed by atoms with Crippen LogP contribution in [0.4, 0.5) is 0 Å². The Kier molecular flexibility index (Phi) is 4.01. The molecule has 0 radical (unpaired) electrons. The number of carboxylic acids is 1. The smallest absolute Gasteiger partial charge is 0.324 e. The number of carbonyl (C=O) groups excluding carboxylic acids is 1. The third-order valence-electron chi connectivity index (χ3n) is 2.28. The third kappa shape index (κ3) is 2.88. The van der Waals surface area contributed by atoms with Crippen LogP contribution in [-0.4, -0.2) is 65.4 Å². The fourth-order valence-electron chi connectivity index (χ4n) is 1.50. The number of hydrogen-bond acceptors (Lipinski definition) is 5. The van der Waals surface area contributed by atoms with Crippen molar-refractivity contribution in [2.75, 3.05) is 26.3 Å². The molecule has 1 amide bonds. The SMILES string of the molecule is NC(=O)C(O)C(C(=O)O)N1CCOCC1. The molecule has 4 N–H and O–H groups in total. The lowest BCUT2D eigenvalue weighted by atomic mass is 10.1. The number of aliphatic hydroxyl groups excluding tert-OH is 1. The maximum Gasteiger partial charge on any atom is 0.324 e. The molecule has 1 aliphatic rings. The van der Waals surface area contributed by atoms with E-state index in [2.05, 4.69) is 0 Å². The van der Waals surface area contributed by atoms with Crippen LogP contribution in [0, 0.1) is 0 Å². The number of carboxylic acid groups (broad SMARTS) is 1. The number of ether oxygens (including phenoxy) is 1. The normalized spacial score (nSPS) is 21.9. The minimum absolute atomic E-state index is 0.362. The lowest BCUT2D eigenvalue weighted by Crippen LogP contribution is -2.56. The summed E-state index contributed by atoms with van der Waals surface area (Å²) in [6.07, 6.45) is -1.69. The fourth-order valence-corrected chi connectivity index (χ4v) is 1.50. The van der Waals surface area contributed by atoms with Crippen LogP contribution in [0.25, 0.3) is 0 Å². The van der Waals surface area contributed by atoms with E-state index in [9.17, 15) is 14.7 Å². The highest BCUT2D eigenvalue weighted by atomic mass is 16.5. The van der Waals surface area contributed by atoms with Gasteiger partial charge in [-0.05, 0) is 0 Å². The molecule has 1 fully saturated rings. The number of morpholine rings is 1. The minimum Gasteiger partial charge on any atom is -0.480 e. The Morgan fingerprint density at radius 1 is 1.33 bits per heavy atom.